The molecule has 0 radical (unpaired) electrons. The van der Waals surface area contributed by atoms with E-state index in [4.69, 9.17) is 5.73 Å². The van der Waals surface area contributed by atoms with Crippen molar-refractivity contribution in [3.63, 3.8) is 0 Å². The second-order valence-electron chi connectivity index (χ2n) is 5.84. The first-order valence-corrected chi connectivity index (χ1v) is 8.21. The molecule has 0 aliphatic carbocycles. The van der Waals surface area contributed by atoms with Crippen LogP contribution >= 0.6 is 11.3 Å². The summed E-state index contributed by atoms with van der Waals surface area (Å²) in [5.41, 5.74) is 6.34. The fraction of sp³-hybridized carbons (Fsp3) is 0.733. The van der Waals surface area contributed by atoms with E-state index in [0.29, 0.717) is 6.04 Å². The van der Waals surface area contributed by atoms with Gasteiger partial charge in [-0.25, -0.2) is 0 Å². The Morgan fingerprint density at radius 2 is 2.32 bits per heavy atom. The van der Waals surface area contributed by atoms with Crippen molar-refractivity contribution in [2.45, 2.75) is 45.3 Å². The van der Waals surface area contributed by atoms with Crippen LogP contribution in [0, 0.1) is 0 Å². The molecule has 3 nitrogen and oxygen atoms in total. The highest BCUT2D eigenvalue weighted by molar-refractivity contribution is 7.09. The minimum Gasteiger partial charge on any atom is -0.329 e. The predicted octanol–water partition coefficient (Wildman–Crippen LogP) is 2.38. The number of nitrogens with two attached hydrogens (primary N) is 1. The van der Waals surface area contributed by atoms with Crippen molar-refractivity contribution in [2.24, 2.45) is 5.73 Å². The molecule has 1 aromatic heterocycles. The van der Waals surface area contributed by atoms with Crippen LogP contribution in [0.2, 0.25) is 0 Å². The van der Waals surface area contributed by atoms with E-state index in [-0.39, 0.29) is 5.54 Å². The van der Waals surface area contributed by atoms with Crippen LogP contribution in [0.4, 0.5) is 0 Å². The van der Waals surface area contributed by atoms with Crippen LogP contribution in [0.5, 0.6) is 0 Å². The first-order valence-electron chi connectivity index (χ1n) is 7.33. The van der Waals surface area contributed by atoms with Gasteiger partial charge in [-0.05, 0) is 38.3 Å². The van der Waals surface area contributed by atoms with Crippen LogP contribution in [0.3, 0.4) is 0 Å². The zero-order valence-corrected chi connectivity index (χ0v) is 13.2. The number of thiophene rings is 1. The lowest BCUT2D eigenvalue weighted by Gasteiger charge is -2.40. The average Bonchev–Trinajstić information content (AvgIpc) is 3.05. The molecule has 1 atom stereocenters. The minimum atomic E-state index is 0.170. The normalized spacial score (nSPS) is 24.7. The van der Waals surface area contributed by atoms with Crippen LogP contribution in [0.15, 0.2) is 17.5 Å². The molecule has 4 heteroatoms. The van der Waals surface area contributed by atoms with E-state index < -0.39 is 0 Å². The molecular weight excluding hydrogens is 254 g/mol. The minimum absolute atomic E-state index is 0.170. The fourth-order valence-corrected chi connectivity index (χ4v) is 3.81. The van der Waals surface area contributed by atoms with Crippen molar-refractivity contribution in [1.29, 1.82) is 0 Å². The second-order valence-corrected chi connectivity index (χ2v) is 6.87. The lowest BCUT2D eigenvalue weighted by Crippen LogP contribution is -2.55. The van der Waals surface area contributed by atoms with Gasteiger partial charge in [0.1, 0.15) is 0 Å². The van der Waals surface area contributed by atoms with Gasteiger partial charge >= 0.3 is 0 Å². The highest BCUT2D eigenvalue weighted by Crippen LogP contribution is 2.30. The van der Waals surface area contributed by atoms with Gasteiger partial charge < -0.3 is 5.73 Å². The summed E-state index contributed by atoms with van der Waals surface area (Å²) in [5.74, 6) is 0. The van der Waals surface area contributed by atoms with Crippen LogP contribution in [-0.4, -0.2) is 47.6 Å². The van der Waals surface area contributed by atoms with E-state index in [1.54, 1.807) is 0 Å². The number of rotatable bonds is 6. The molecule has 1 saturated heterocycles. The Labute approximate surface area is 121 Å². The zero-order valence-electron chi connectivity index (χ0n) is 12.4. The lowest BCUT2D eigenvalue weighted by molar-refractivity contribution is 0.0931. The molecule has 2 rings (SSSR count). The highest BCUT2D eigenvalue weighted by Gasteiger charge is 2.41. The maximum absolute atomic E-state index is 6.17. The van der Waals surface area contributed by atoms with Crippen molar-refractivity contribution in [3.05, 3.63) is 22.4 Å². The van der Waals surface area contributed by atoms with Crippen LogP contribution in [0.1, 0.15) is 32.1 Å². The van der Waals surface area contributed by atoms with Gasteiger partial charge in [0.25, 0.3) is 0 Å². The quantitative estimate of drug-likeness (QED) is 0.869. The number of nitrogens with zero attached hydrogens (tertiary/aromatic N) is 2. The number of hydrogen-bond acceptors (Lipinski definition) is 4. The van der Waals surface area contributed by atoms with Crippen molar-refractivity contribution in [2.75, 3.05) is 26.2 Å². The third-order valence-corrected chi connectivity index (χ3v) is 5.31. The Bertz CT molecular complexity index is 377. The molecule has 1 aromatic rings. The SMILES string of the molecule is CCN(Cc1cccs1)C1(CN)CCN(C(C)C)C1. The zero-order chi connectivity index (χ0) is 13.9. The Kier molecular flexibility index (Phi) is 5.01. The summed E-state index contributed by atoms with van der Waals surface area (Å²) in [6, 6.07) is 4.99. The summed E-state index contributed by atoms with van der Waals surface area (Å²) < 4.78 is 0. The van der Waals surface area contributed by atoms with Gasteiger partial charge in [-0.15, -0.1) is 11.3 Å². The highest BCUT2D eigenvalue weighted by atomic mass is 32.1. The van der Waals surface area contributed by atoms with Crippen molar-refractivity contribution in [3.8, 4) is 0 Å². The van der Waals surface area contributed by atoms with Crippen LogP contribution in [0.25, 0.3) is 0 Å². The van der Waals surface area contributed by atoms with Gasteiger partial charge in [-0.2, -0.15) is 0 Å². The van der Waals surface area contributed by atoms with E-state index >= 15 is 0 Å². The molecule has 108 valence electrons. The third-order valence-electron chi connectivity index (χ3n) is 4.45. The van der Waals surface area contributed by atoms with E-state index in [1.165, 1.54) is 17.8 Å². The van der Waals surface area contributed by atoms with Crippen molar-refractivity contribution >= 4 is 11.3 Å². The lowest BCUT2D eigenvalue weighted by atomic mass is 9.95. The van der Waals surface area contributed by atoms with E-state index in [0.717, 1.165) is 26.2 Å². The molecule has 0 saturated carbocycles. The first kappa shape index (κ1) is 15.0. The topological polar surface area (TPSA) is 32.5 Å². The van der Waals surface area contributed by atoms with Crippen LogP contribution < -0.4 is 5.73 Å². The standard InChI is InChI=1S/C15H27N3S/c1-4-18(10-14-6-5-9-19-14)15(11-16)7-8-17(12-15)13(2)3/h5-6,9,13H,4,7-8,10-12,16H2,1-3H3. The third kappa shape index (κ3) is 3.19. The summed E-state index contributed by atoms with van der Waals surface area (Å²) in [7, 11) is 0. The van der Waals surface area contributed by atoms with E-state index in [2.05, 4.69) is 48.1 Å². The molecule has 0 amide bonds. The summed E-state index contributed by atoms with van der Waals surface area (Å²) in [6.45, 7) is 12.0. The molecule has 2 heterocycles. The van der Waals surface area contributed by atoms with Gasteiger partial charge in [-0.3, -0.25) is 9.80 Å². The van der Waals surface area contributed by atoms with Crippen molar-refractivity contribution < 1.29 is 0 Å². The van der Waals surface area contributed by atoms with Crippen molar-refractivity contribution in [1.82, 2.24) is 9.80 Å². The first-order chi connectivity index (χ1) is 9.11. The molecule has 1 fully saturated rings. The molecular formula is C15H27N3S. The Morgan fingerprint density at radius 3 is 2.79 bits per heavy atom. The van der Waals surface area contributed by atoms with E-state index in [9.17, 15) is 0 Å². The maximum Gasteiger partial charge on any atom is 0.0474 e. The van der Waals surface area contributed by atoms with Gasteiger partial charge in [0.2, 0.25) is 0 Å². The number of likely N-dealkylation sites (N-methyl/N-ethyl adjacent to an activating group) is 1. The average molecular weight is 281 g/mol. The maximum atomic E-state index is 6.17. The molecule has 2 N–H and O–H groups in total. The summed E-state index contributed by atoms with van der Waals surface area (Å²) in [6.07, 6.45) is 1.20. The van der Waals surface area contributed by atoms with Gasteiger partial charge in [0.15, 0.2) is 0 Å². The molecule has 1 aliphatic heterocycles. The number of hydrogen-bond donors (Lipinski definition) is 1. The molecule has 0 spiro atoms. The second kappa shape index (κ2) is 6.35. The summed E-state index contributed by atoms with van der Waals surface area (Å²) in [4.78, 5) is 6.59. The van der Waals surface area contributed by atoms with Crippen LogP contribution in [-0.2, 0) is 6.54 Å². The van der Waals surface area contributed by atoms with Gasteiger partial charge in [-0.1, -0.05) is 13.0 Å². The molecule has 1 unspecified atom stereocenters. The fourth-order valence-electron chi connectivity index (χ4n) is 3.09. The molecule has 0 aromatic carbocycles. The Balaban J connectivity index is 2.10. The van der Waals surface area contributed by atoms with Gasteiger partial charge in [0, 0.05) is 42.6 Å². The molecule has 19 heavy (non-hydrogen) atoms. The monoisotopic (exact) mass is 281 g/mol. The largest absolute Gasteiger partial charge is 0.329 e. The molecule has 1 aliphatic rings. The molecule has 0 bridgehead atoms. The smallest absolute Gasteiger partial charge is 0.0474 e. The van der Waals surface area contributed by atoms with Gasteiger partial charge in [0.05, 0.1) is 0 Å². The number of likely N-dealkylation sites (tertiary alicyclic amines) is 1. The van der Waals surface area contributed by atoms with E-state index in [1.807, 2.05) is 11.3 Å². The summed E-state index contributed by atoms with van der Waals surface area (Å²) >= 11 is 1.85. The predicted molar refractivity (Wildman–Crippen MR) is 83.5 cm³/mol. The summed E-state index contributed by atoms with van der Waals surface area (Å²) in [5, 5.41) is 2.16. The Hall–Kier alpha value is -0.420. The Morgan fingerprint density at radius 1 is 1.53 bits per heavy atom.